The van der Waals surface area contributed by atoms with Crippen LogP contribution >= 0.6 is 0 Å². The minimum atomic E-state index is 0.720. The molecule has 3 heteroatoms. The first-order chi connectivity index (χ1) is 11.8. The highest BCUT2D eigenvalue weighted by molar-refractivity contribution is 5.83. The third kappa shape index (κ3) is 2.56. The molecule has 0 bridgehead atoms. The molecule has 3 N–H and O–H groups in total. The van der Waals surface area contributed by atoms with E-state index in [9.17, 15) is 0 Å². The van der Waals surface area contributed by atoms with Crippen molar-refractivity contribution < 1.29 is 0 Å². The number of hydrogen-bond acceptors (Lipinski definition) is 3. The van der Waals surface area contributed by atoms with Crippen molar-refractivity contribution in [1.29, 1.82) is 0 Å². The molecule has 1 heterocycles. The molecule has 1 saturated carbocycles. The maximum atomic E-state index is 3.97. The Bertz CT molecular complexity index is 804. The molecule has 122 valence electrons. The minimum Gasteiger partial charge on any atom is -0.391 e. The van der Waals surface area contributed by atoms with E-state index in [1.165, 1.54) is 46.5 Å². The van der Waals surface area contributed by atoms with Gasteiger partial charge in [0.15, 0.2) is 0 Å². The van der Waals surface area contributed by atoms with E-state index in [-0.39, 0.29) is 0 Å². The molecule has 3 aliphatic rings. The SMILES string of the molecule is C=Cc1ccccc1C1=C(NC)CC2=C(C=C1)NNC=C2C1CC1. The number of nitrogens with one attached hydrogen (secondary N) is 3. The lowest BCUT2D eigenvalue weighted by Gasteiger charge is -2.23. The molecule has 1 aromatic carbocycles. The summed E-state index contributed by atoms with van der Waals surface area (Å²) in [6, 6.07) is 8.43. The van der Waals surface area contributed by atoms with Crippen molar-refractivity contribution >= 4 is 11.6 Å². The Balaban J connectivity index is 1.79. The summed E-state index contributed by atoms with van der Waals surface area (Å²) in [4.78, 5) is 0. The van der Waals surface area contributed by atoms with Crippen molar-refractivity contribution in [2.45, 2.75) is 19.3 Å². The lowest BCUT2D eigenvalue weighted by Crippen LogP contribution is -2.31. The molecule has 0 radical (unpaired) electrons. The fraction of sp³-hybridized carbons (Fsp3) is 0.238. The molecule has 3 nitrogen and oxygen atoms in total. The summed E-state index contributed by atoms with van der Waals surface area (Å²) >= 11 is 0. The molecule has 0 saturated heterocycles. The third-order valence-corrected chi connectivity index (χ3v) is 4.99. The molecule has 1 aromatic rings. The number of benzene rings is 1. The maximum absolute atomic E-state index is 3.97. The van der Waals surface area contributed by atoms with Crippen LogP contribution in [0, 0.1) is 5.92 Å². The van der Waals surface area contributed by atoms with E-state index in [1.807, 2.05) is 13.1 Å². The second-order valence-corrected chi connectivity index (χ2v) is 6.48. The summed E-state index contributed by atoms with van der Waals surface area (Å²) < 4.78 is 0. The van der Waals surface area contributed by atoms with Gasteiger partial charge in [-0.25, -0.2) is 0 Å². The van der Waals surface area contributed by atoms with Gasteiger partial charge in [0, 0.05) is 30.9 Å². The standard InChI is InChI=1S/C21H23N3/c1-3-14-6-4-5-7-16(14)17-10-11-20-18(12-21(17)22-2)19(13-23-24-20)15-8-9-15/h3-7,10-11,13,15,22-24H,1,8-9,12H2,2H3. The largest absolute Gasteiger partial charge is 0.391 e. The molecule has 24 heavy (non-hydrogen) atoms. The molecule has 1 fully saturated rings. The highest BCUT2D eigenvalue weighted by atomic mass is 15.4. The Morgan fingerprint density at radius 2 is 2.04 bits per heavy atom. The third-order valence-electron chi connectivity index (χ3n) is 4.99. The Labute approximate surface area is 143 Å². The fourth-order valence-corrected chi connectivity index (χ4v) is 3.54. The molecule has 0 unspecified atom stereocenters. The lowest BCUT2D eigenvalue weighted by molar-refractivity contribution is 0.693. The van der Waals surface area contributed by atoms with Crippen LogP contribution in [-0.2, 0) is 0 Å². The molecule has 1 aliphatic heterocycles. The first kappa shape index (κ1) is 14.9. The van der Waals surface area contributed by atoms with Crippen molar-refractivity contribution in [3.63, 3.8) is 0 Å². The molecule has 0 atom stereocenters. The second-order valence-electron chi connectivity index (χ2n) is 6.48. The van der Waals surface area contributed by atoms with Gasteiger partial charge < -0.3 is 16.2 Å². The summed E-state index contributed by atoms with van der Waals surface area (Å²) in [5.41, 5.74) is 15.4. The molecule has 0 amide bonds. The predicted molar refractivity (Wildman–Crippen MR) is 100 cm³/mol. The van der Waals surface area contributed by atoms with E-state index < -0.39 is 0 Å². The first-order valence-corrected chi connectivity index (χ1v) is 8.57. The van der Waals surface area contributed by atoms with Crippen LogP contribution in [0.25, 0.3) is 11.6 Å². The van der Waals surface area contributed by atoms with Gasteiger partial charge in [0.1, 0.15) is 0 Å². The quantitative estimate of drug-likeness (QED) is 0.789. The van der Waals surface area contributed by atoms with Gasteiger partial charge in [-0.1, -0.05) is 43.0 Å². The topological polar surface area (TPSA) is 36.1 Å². The summed E-state index contributed by atoms with van der Waals surface area (Å²) in [5.74, 6) is 0.720. The van der Waals surface area contributed by atoms with Crippen molar-refractivity contribution in [2.24, 2.45) is 5.92 Å². The molecule has 2 aliphatic carbocycles. The fourth-order valence-electron chi connectivity index (χ4n) is 3.54. The van der Waals surface area contributed by atoms with Crippen molar-refractivity contribution in [1.82, 2.24) is 16.2 Å². The second kappa shape index (κ2) is 6.08. The monoisotopic (exact) mass is 317 g/mol. The zero-order valence-corrected chi connectivity index (χ0v) is 14.0. The predicted octanol–water partition coefficient (Wildman–Crippen LogP) is 3.88. The Morgan fingerprint density at radius 1 is 1.21 bits per heavy atom. The molecule has 0 aromatic heterocycles. The van der Waals surface area contributed by atoms with Crippen LogP contribution in [0.3, 0.4) is 0 Å². The number of hydrogen-bond donors (Lipinski definition) is 3. The van der Waals surface area contributed by atoms with Crippen LogP contribution < -0.4 is 16.2 Å². The van der Waals surface area contributed by atoms with Crippen LogP contribution in [0.4, 0.5) is 0 Å². The van der Waals surface area contributed by atoms with Gasteiger partial charge in [0.05, 0.1) is 5.70 Å². The van der Waals surface area contributed by atoms with E-state index >= 15 is 0 Å². The van der Waals surface area contributed by atoms with Crippen LogP contribution in [0.15, 0.2) is 71.7 Å². The Morgan fingerprint density at radius 3 is 2.79 bits per heavy atom. The van der Waals surface area contributed by atoms with Crippen molar-refractivity contribution in [3.05, 3.63) is 82.9 Å². The summed E-state index contributed by atoms with van der Waals surface area (Å²) in [6.07, 6.45) is 12.0. The molecular formula is C21H23N3. The van der Waals surface area contributed by atoms with E-state index in [4.69, 9.17) is 0 Å². The highest BCUT2D eigenvalue weighted by Crippen LogP contribution is 2.44. The summed E-state index contributed by atoms with van der Waals surface area (Å²) in [5, 5.41) is 3.44. The van der Waals surface area contributed by atoms with Gasteiger partial charge in [0.25, 0.3) is 0 Å². The zero-order chi connectivity index (χ0) is 16.5. The molecular weight excluding hydrogens is 294 g/mol. The van der Waals surface area contributed by atoms with Crippen LogP contribution in [0.5, 0.6) is 0 Å². The lowest BCUT2D eigenvalue weighted by atomic mass is 9.93. The van der Waals surface area contributed by atoms with Crippen LogP contribution in [0.2, 0.25) is 0 Å². The van der Waals surface area contributed by atoms with E-state index in [1.54, 1.807) is 0 Å². The smallest absolute Gasteiger partial charge is 0.0579 e. The number of hydrazine groups is 1. The van der Waals surface area contributed by atoms with Crippen molar-refractivity contribution in [3.8, 4) is 0 Å². The molecule has 0 spiro atoms. The Kier molecular flexibility index (Phi) is 3.77. The van der Waals surface area contributed by atoms with Gasteiger partial charge in [0.2, 0.25) is 0 Å². The summed E-state index contributed by atoms with van der Waals surface area (Å²) in [7, 11) is 2.01. The van der Waals surface area contributed by atoms with Crippen LogP contribution in [-0.4, -0.2) is 7.05 Å². The number of allylic oxidation sites excluding steroid dienone is 5. The zero-order valence-electron chi connectivity index (χ0n) is 14.0. The first-order valence-electron chi connectivity index (χ1n) is 8.57. The van der Waals surface area contributed by atoms with E-state index in [2.05, 4.69) is 65.4 Å². The number of rotatable bonds is 4. The maximum Gasteiger partial charge on any atom is 0.0579 e. The molecule has 4 rings (SSSR count). The van der Waals surface area contributed by atoms with Gasteiger partial charge in [-0.05, 0) is 47.1 Å². The highest BCUT2D eigenvalue weighted by Gasteiger charge is 2.32. The van der Waals surface area contributed by atoms with E-state index in [0.29, 0.717) is 0 Å². The van der Waals surface area contributed by atoms with Gasteiger partial charge in [-0.15, -0.1) is 0 Å². The van der Waals surface area contributed by atoms with Crippen molar-refractivity contribution in [2.75, 3.05) is 7.05 Å². The van der Waals surface area contributed by atoms with Gasteiger partial charge in [-0.3, -0.25) is 0 Å². The summed E-state index contributed by atoms with van der Waals surface area (Å²) in [6.45, 7) is 3.97. The Hall–Kier alpha value is -2.68. The minimum absolute atomic E-state index is 0.720. The normalized spacial score (nSPS) is 19.8. The van der Waals surface area contributed by atoms with Crippen LogP contribution in [0.1, 0.15) is 30.4 Å². The average molecular weight is 317 g/mol. The van der Waals surface area contributed by atoms with Gasteiger partial charge >= 0.3 is 0 Å². The van der Waals surface area contributed by atoms with Gasteiger partial charge in [-0.2, -0.15) is 0 Å². The van der Waals surface area contributed by atoms with E-state index in [0.717, 1.165) is 17.9 Å². The average Bonchev–Trinajstić information content (AvgIpc) is 3.47.